The van der Waals surface area contributed by atoms with Crippen molar-refractivity contribution in [3.8, 4) is 5.75 Å². The average Bonchev–Trinajstić information content (AvgIpc) is 3.15. The summed E-state index contributed by atoms with van der Waals surface area (Å²) in [5, 5.41) is 2.75. The topological polar surface area (TPSA) is 84.7 Å². The predicted octanol–water partition coefficient (Wildman–Crippen LogP) is 2.80. The minimum Gasteiger partial charge on any atom is -0.497 e. The second-order valence-electron chi connectivity index (χ2n) is 6.22. The Kier molecular flexibility index (Phi) is 7.85. The maximum absolute atomic E-state index is 12.7. The highest BCUT2D eigenvalue weighted by Crippen LogP contribution is 2.14. The number of rotatable bonds is 10. The Balaban J connectivity index is 2.00. The second kappa shape index (κ2) is 10.4. The van der Waals surface area contributed by atoms with E-state index in [0.29, 0.717) is 19.0 Å². The van der Waals surface area contributed by atoms with E-state index < -0.39 is 0 Å². The summed E-state index contributed by atoms with van der Waals surface area (Å²) in [5.74, 6) is 0.828. The van der Waals surface area contributed by atoms with Crippen molar-refractivity contribution in [2.24, 2.45) is 0 Å². The van der Waals surface area contributed by atoms with E-state index in [9.17, 15) is 9.59 Å². The summed E-state index contributed by atoms with van der Waals surface area (Å²) in [7, 11) is 1.61. The molecule has 1 aromatic carbocycles. The molecule has 0 spiro atoms. The van der Waals surface area contributed by atoms with Crippen LogP contribution >= 0.6 is 0 Å². The first-order valence-corrected chi connectivity index (χ1v) is 9.20. The predicted molar refractivity (Wildman–Crippen MR) is 102 cm³/mol. The highest BCUT2D eigenvalue weighted by atomic mass is 16.5. The van der Waals surface area contributed by atoms with Gasteiger partial charge in [-0.05, 0) is 30.5 Å². The highest BCUT2D eigenvalue weighted by molar-refractivity contribution is 5.91. The van der Waals surface area contributed by atoms with E-state index in [2.05, 4.69) is 10.3 Å². The van der Waals surface area contributed by atoms with Crippen molar-refractivity contribution in [3.05, 3.63) is 47.7 Å². The van der Waals surface area contributed by atoms with E-state index in [1.54, 1.807) is 12.0 Å². The summed E-state index contributed by atoms with van der Waals surface area (Å²) in [6, 6.07) is 7.43. The monoisotopic (exact) mass is 373 g/mol. The van der Waals surface area contributed by atoms with Gasteiger partial charge in [0.2, 0.25) is 11.8 Å². The smallest absolute Gasteiger partial charge is 0.273 e. The molecule has 146 valence electrons. The zero-order valence-electron chi connectivity index (χ0n) is 16.2. The lowest BCUT2D eigenvalue weighted by molar-refractivity contribution is -0.131. The van der Waals surface area contributed by atoms with Crippen molar-refractivity contribution in [1.82, 2.24) is 15.2 Å². The van der Waals surface area contributed by atoms with Crippen LogP contribution in [0.1, 0.15) is 48.6 Å². The third-order valence-electron chi connectivity index (χ3n) is 4.01. The number of amides is 2. The number of ether oxygens (including phenoxy) is 1. The average molecular weight is 373 g/mol. The number of carbonyl (C=O) groups is 2. The van der Waals surface area contributed by atoms with E-state index in [1.807, 2.05) is 38.1 Å². The van der Waals surface area contributed by atoms with Crippen molar-refractivity contribution in [2.75, 3.05) is 20.2 Å². The van der Waals surface area contributed by atoms with Crippen LogP contribution in [0.3, 0.4) is 0 Å². The fourth-order valence-electron chi connectivity index (χ4n) is 2.57. The number of carbonyl (C=O) groups excluding carboxylic acids is 2. The van der Waals surface area contributed by atoms with Gasteiger partial charge in [-0.1, -0.05) is 26.0 Å². The highest BCUT2D eigenvalue weighted by Gasteiger charge is 2.18. The molecular weight excluding hydrogens is 346 g/mol. The molecule has 1 N–H and O–H groups in total. The minimum atomic E-state index is -0.265. The number of oxazole rings is 1. The lowest BCUT2D eigenvalue weighted by Gasteiger charge is -2.20. The van der Waals surface area contributed by atoms with Crippen molar-refractivity contribution < 1.29 is 18.7 Å². The molecule has 1 heterocycles. The molecule has 0 atom stereocenters. The van der Waals surface area contributed by atoms with Gasteiger partial charge in [0.25, 0.3) is 5.91 Å². The van der Waals surface area contributed by atoms with Gasteiger partial charge in [0, 0.05) is 13.1 Å². The van der Waals surface area contributed by atoms with E-state index in [-0.39, 0.29) is 30.5 Å². The van der Waals surface area contributed by atoms with Crippen LogP contribution in [0.25, 0.3) is 0 Å². The van der Waals surface area contributed by atoms with Gasteiger partial charge in [0.05, 0.1) is 20.1 Å². The lowest BCUT2D eigenvalue weighted by Crippen LogP contribution is -2.32. The normalized spacial score (nSPS) is 10.5. The summed E-state index contributed by atoms with van der Waals surface area (Å²) in [6.07, 6.45) is 3.28. The molecule has 0 aliphatic heterocycles. The Labute approximate surface area is 159 Å². The molecule has 27 heavy (non-hydrogen) atoms. The number of benzene rings is 1. The first-order chi connectivity index (χ1) is 13.1. The fourth-order valence-corrected chi connectivity index (χ4v) is 2.57. The van der Waals surface area contributed by atoms with Crippen LogP contribution in [0.2, 0.25) is 0 Å². The molecule has 2 aromatic rings. The van der Waals surface area contributed by atoms with Gasteiger partial charge in [-0.15, -0.1) is 0 Å². The van der Waals surface area contributed by atoms with Crippen LogP contribution in [-0.2, 0) is 17.8 Å². The third-order valence-corrected chi connectivity index (χ3v) is 4.01. The minimum absolute atomic E-state index is 0.0165. The van der Waals surface area contributed by atoms with Gasteiger partial charge >= 0.3 is 0 Å². The molecule has 7 nitrogen and oxygen atoms in total. The van der Waals surface area contributed by atoms with Gasteiger partial charge in [-0.3, -0.25) is 9.59 Å². The largest absolute Gasteiger partial charge is 0.497 e. The van der Waals surface area contributed by atoms with Crippen molar-refractivity contribution in [1.29, 1.82) is 0 Å². The molecule has 0 saturated carbocycles. The van der Waals surface area contributed by atoms with Crippen LogP contribution in [0.5, 0.6) is 5.75 Å². The van der Waals surface area contributed by atoms with Gasteiger partial charge in [-0.2, -0.15) is 0 Å². The Morgan fingerprint density at radius 3 is 2.56 bits per heavy atom. The van der Waals surface area contributed by atoms with Gasteiger partial charge < -0.3 is 19.4 Å². The number of aromatic nitrogens is 1. The number of nitrogens with one attached hydrogen (secondary N) is 1. The summed E-state index contributed by atoms with van der Waals surface area (Å²) in [6.45, 7) is 5.40. The molecule has 0 bridgehead atoms. The van der Waals surface area contributed by atoms with Crippen molar-refractivity contribution >= 4 is 11.8 Å². The Morgan fingerprint density at radius 2 is 1.93 bits per heavy atom. The number of hydrogen-bond donors (Lipinski definition) is 1. The molecule has 0 aliphatic carbocycles. The molecule has 0 saturated heterocycles. The Bertz CT molecular complexity index is 740. The number of methoxy groups -OCH3 is 1. The zero-order valence-corrected chi connectivity index (χ0v) is 16.2. The van der Waals surface area contributed by atoms with Crippen LogP contribution in [0.4, 0.5) is 0 Å². The van der Waals surface area contributed by atoms with E-state index in [0.717, 1.165) is 24.2 Å². The molecule has 0 radical (unpaired) electrons. The Morgan fingerprint density at radius 1 is 1.19 bits per heavy atom. The molecule has 1 aromatic heterocycles. The summed E-state index contributed by atoms with van der Waals surface area (Å²) in [5.41, 5.74) is 1.14. The standard InChI is InChI=1S/C20H27N3O4/c1-4-10-21-20(25)17-14-27-18(22-17)13-23(11-5-2)19(24)12-15-6-8-16(26-3)9-7-15/h6-9,14H,4-5,10-13H2,1-3H3,(H,21,25). The van der Waals surface area contributed by atoms with Crippen LogP contribution in [0, 0.1) is 0 Å². The zero-order chi connectivity index (χ0) is 19.6. The van der Waals surface area contributed by atoms with Crippen molar-refractivity contribution in [2.45, 2.75) is 39.7 Å². The first-order valence-electron chi connectivity index (χ1n) is 9.20. The molecular formula is C20H27N3O4. The molecule has 0 unspecified atom stereocenters. The maximum Gasteiger partial charge on any atom is 0.273 e. The molecule has 0 aliphatic rings. The van der Waals surface area contributed by atoms with Crippen LogP contribution in [-0.4, -0.2) is 41.9 Å². The van der Waals surface area contributed by atoms with Gasteiger partial charge in [0.1, 0.15) is 12.0 Å². The van der Waals surface area contributed by atoms with Crippen molar-refractivity contribution in [3.63, 3.8) is 0 Å². The Hall–Kier alpha value is -2.83. The molecule has 0 fully saturated rings. The third kappa shape index (κ3) is 6.13. The second-order valence-corrected chi connectivity index (χ2v) is 6.22. The van der Waals surface area contributed by atoms with E-state index >= 15 is 0 Å². The molecule has 7 heteroatoms. The SMILES string of the molecule is CCCNC(=O)c1coc(CN(CCC)C(=O)Cc2ccc(OC)cc2)n1. The number of nitrogens with zero attached hydrogens (tertiary/aromatic N) is 2. The fraction of sp³-hybridized carbons (Fsp3) is 0.450. The van der Waals surface area contributed by atoms with Crippen LogP contribution in [0.15, 0.2) is 34.9 Å². The summed E-state index contributed by atoms with van der Waals surface area (Å²) in [4.78, 5) is 30.5. The lowest BCUT2D eigenvalue weighted by atomic mass is 10.1. The molecule has 2 amide bonds. The van der Waals surface area contributed by atoms with E-state index in [1.165, 1.54) is 6.26 Å². The van der Waals surface area contributed by atoms with E-state index in [4.69, 9.17) is 9.15 Å². The van der Waals surface area contributed by atoms with Gasteiger partial charge in [-0.25, -0.2) is 4.98 Å². The number of hydrogen-bond acceptors (Lipinski definition) is 5. The molecule has 2 rings (SSSR count). The van der Waals surface area contributed by atoms with Crippen LogP contribution < -0.4 is 10.1 Å². The summed E-state index contributed by atoms with van der Waals surface area (Å²) >= 11 is 0. The maximum atomic E-state index is 12.7. The quantitative estimate of drug-likeness (QED) is 0.692. The van der Waals surface area contributed by atoms with Gasteiger partial charge in [0.15, 0.2) is 5.69 Å². The first kappa shape index (κ1) is 20.5. The summed E-state index contributed by atoms with van der Waals surface area (Å²) < 4.78 is 10.5.